The summed E-state index contributed by atoms with van der Waals surface area (Å²) in [6, 6.07) is 8.12. The van der Waals surface area contributed by atoms with Crippen molar-refractivity contribution in [3.63, 3.8) is 0 Å². The predicted molar refractivity (Wildman–Crippen MR) is 102 cm³/mol. The number of aryl methyl sites for hydroxylation is 1. The number of halogens is 3. The van der Waals surface area contributed by atoms with Crippen LogP contribution in [-0.4, -0.2) is 46.9 Å². The van der Waals surface area contributed by atoms with Crippen LogP contribution in [0.15, 0.2) is 42.6 Å². The SMILES string of the molecule is Cn1cccc1C(=O)N1CCCCC1CCOC(=O)c1ccc(OC(F)(F)F)cc1. The highest BCUT2D eigenvalue weighted by Crippen LogP contribution is 2.24. The van der Waals surface area contributed by atoms with Crippen molar-refractivity contribution in [1.29, 1.82) is 0 Å². The first kappa shape index (κ1) is 21.7. The summed E-state index contributed by atoms with van der Waals surface area (Å²) < 4.78 is 47.4. The molecule has 0 bridgehead atoms. The number of ether oxygens (including phenoxy) is 2. The van der Waals surface area contributed by atoms with Crippen molar-refractivity contribution < 1.29 is 32.2 Å². The Morgan fingerprint density at radius 3 is 2.50 bits per heavy atom. The highest BCUT2D eigenvalue weighted by molar-refractivity contribution is 5.93. The first-order valence-electron chi connectivity index (χ1n) is 9.70. The second kappa shape index (κ2) is 9.23. The Bertz CT molecular complexity index is 877. The van der Waals surface area contributed by atoms with Crippen LogP contribution < -0.4 is 4.74 Å². The minimum atomic E-state index is -4.79. The Morgan fingerprint density at radius 1 is 1.13 bits per heavy atom. The molecule has 0 N–H and O–H groups in total. The van der Waals surface area contributed by atoms with Gasteiger partial charge in [-0.3, -0.25) is 4.79 Å². The standard InChI is InChI=1S/C21H23F3N2O4/c1-25-12-4-6-18(25)19(27)26-13-3-2-5-16(26)11-14-29-20(28)15-7-9-17(10-8-15)30-21(22,23)24/h4,6-10,12,16H,2-3,5,11,13-14H2,1H3. The van der Waals surface area contributed by atoms with Gasteiger partial charge in [0.05, 0.1) is 12.2 Å². The van der Waals surface area contributed by atoms with E-state index >= 15 is 0 Å². The molecule has 0 radical (unpaired) electrons. The first-order chi connectivity index (χ1) is 14.2. The molecular formula is C21H23F3N2O4. The fourth-order valence-electron chi connectivity index (χ4n) is 3.56. The summed E-state index contributed by atoms with van der Waals surface area (Å²) in [5.41, 5.74) is 0.741. The number of piperidine rings is 1. The number of aromatic nitrogens is 1. The van der Waals surface area contributed by atoms with Gasteiger partial charge in [-0.25, -0.2) is 4.79 Å². The number of amides is 1. The predicted octanol–water partition coefficient (Wildman–Crippen LogP) is 4.17. The maximum Gasteiger partial charge on any atom is 0.573 e. The van der Waals surface area contributed by atoms with E-state index in [1.165, 1.54) is 12.1 Å². The van der Waals surface area contributed by atoms with Gasteiger partial charge in [0.1, 0.15) is 11.4 Å². The van der Waals surface area contributed by atoms with Crippen molar-refractivity contribution >= 4 is 11.9 Å². The molecular weight excluding hydrogens is 401 g/mol. The molecule has 1 unspecified atom stereocenters. The molecule has 0 aliphatic carbocycles. The Kier molecular flexibility index (Phi) is 6.69. The normalized spacial score (nSPS) is 16.9. The average molecular weight is 424 g/mol. The zero-order valence-corrected chi connectivity index (χ0v) is 16.5. The van der Waals surface area contributed by atoms with E-state index in [1.54, 1.807) is 10.6 Å². The lowest BCUT2D eigenvalue weighted by molar-refractivity contribution is -0.274. The second-order valence-electron chi connectivity index (χ2n) is 7.15. The molecule has 2 heterocycles. The quantitative estimate of drug-likeness (QED) is 0.654. The summed E-state index contributed by atoms with van der Waals surface area (Å²) in [6.07, 6.45) is 0.285. The minimum absolute atomic E-state index is 0.0310. The summed E-state index contributed by atoms with van der Waals surface area (Å²) in [4.78, 5) is 26.8. The summed E-state index contributed by atoms with van der Waals surface area (Å²) in [5, 5.41) is 0. The maximum atomic E-state index is 12.8. The fourth-order valence-corrected chi connectivity index (χ4v) is 3.56. The van der Waals surface area contributed by atoms with E-state index in [2.05, 4.69) is 4.74 Å². The van der Waals surface area contributed by atoms with Crippen LogP contribution in [0.5, 0.6) is 5.75 Å². The van der Waals surface area contributed by atoms with Gasteiger partial charge in [-0.2, -0.15) is 0 Å². The first-order valence-corrected chi connectivity index (χ1v) is 9.70. The van der Waals surface area contributed by atoms with Gasteiger partial charge in [0.15, 0.2) is 0 Å². The monoisotopic (exact) mass is 424 g/mol. The van der Waals surface area contributed by atoms with Crippen LogP contribution in [0.1, 0.15) is 46.5 Å². The Labute approximate surface area is 172 Å². The molecule has 30 heavy (non-hydrogen) atoms. The van der Waals surface area contributed by atoms with Gasteiger partial charge in [-0.05, 0) is 55.7 Å². The largest absolute Gasteiger partial charge is 0.573 e. The topological polar surface area (TPSA) is 60.8 Å². The van der Waals surface area contributed by atoms with Gasteiger partial charge in [0, 0.05) is 32.3 Å². The van der Waals surface area contributed by atoms with E-state index in [0.29, 0.717) is 18.7 Å². The van der Waals surface area contributed by atoms with Gasteiger partial charge in [-0.15, -0.1) is 13.2 Å². The van der Waals surface area contributed by atoms with Crippen LogP contribution in [-0.2, 0) is 11.8 Å². The fraction of sp³-hybridized carbons (Fsp3) is 0.429. The van der Waals surface area contributed by atoms with E-state index in [1.807, 2.05) is 24.2 Å². The van der Waals surface area contributed by atoms with E-state index in [-0.39, 0.29) is 24.1 Å². The minimum Gasteiger partial charge on any atom is -0.462 e. The van der Waals surface area contributed by atoms with Crippen LogP contribution in [0.25, 0.3) is 0 Å². The van der Waals surface area contributed by atoms with Crippen LogP contribution in [0.3, 0.4) is 0 Å². The molecule has 2 aromatic rings. The van der Waals surface area contributed by atoms with Crippen molar-refractivity contribution in [2.75, 3.05) is 13.2 Å². The number of likely N-dealkylation sites (tertiary alicyclic amines) is 1. The lowest BCUT2D eigenvalue weighted by Gasteiger charge is -2.35. The van der Waals surface area contributed by atoms with Crippen molar-refractivity contribution in [2.24, 2.45) is 7.05 Å². The molecule has 1 aliphatic rings. The smallest absolute Gasteiger partial charge is 0.462 e. The van der Waals surface area contributed by atoms with Crippen molar-refractivity contribution in [1.82, 2.24) is 9.47 Å². The molecule has 0 spiro atoms. The number of rotatable bonds is 6. The summed E-state index contributed by atoms with van der Waals surface area (Å²) in [6.45, 7) is 0.768. The molecule has 9 heteroatoms. The molecule has 162 valence electrons. The summed E-state index contributed by atoms with van der Waals surface area (Å²) in [7, 11) is 1.82. The Morgan fingerprint density at radius 2 is 1.87 bits per heavy atom. The summed E-state index contributed by atoms with van der Waals surface area (Å²) in [5.74, 6) is -1.08. The van der Waals surface area contributed by atoms with Crippen LogP contribution in [0.2, 0.25) is 0 Å². The zero-order chi connectivity index (χ0) is 21.7. The molecule has 1 fully saturated rings. The number of esters is 1. The van der Waals surface area contributed by atoms with Crippen molar-refractivity contribution in [3.8, 4) is 5.75 Å². The van der Waals surface area contributed by atoms with Crippen LogP contribution >= 0.6 is 0 Å². The molecule has 1 amide bonds. The van der Waals surface area contributed by atoms with E-state index in [0.717, 1.165) is 31.4 Å². The molecule has 3 rings (SSSR count). The van der Waals surface area contributed by atoms with E-state index < -0.39 is 18.1 Å². The molecule has 1 aliphatic heterocycles. The number of carbonyl (C=O) groups excluding carboxylic acids is 2. The lowest BCUT2D eigenvalue weighted by atomic mass is 9.99. The Balaban J connectivity index is 1.53. The molecule has 6 nitrogen and oxygen atoms in total. The van der Waals surface area contributed by atoms with Crippen molar-refractivity contribution in [3.05, 3.63) is 53.9 Å². The number of alkyl halides is 3. The third-order valence-electron chi connectivity index (χ3n) is 5.06. The number of hydrogen-bond donors (Lipinski definition) is 0. The highest BCUT2D eigenvalue weighted by Gasteiger charge is 2.31. The van der Waals surface area contributed by atoms with Crippen molar-refractivity contribution in [2.45, 2.75) is 38.1 Å². The average Bonchev–Trinajstić information content (AvgIpc) is 3.13. The number of benzene rings is 1. The highest BCUT2D eigenvalue weighted by atomic mass is 19.4. The molecule has 1 atom stereocenters. The molecule has 1 saturated heterocycles. The third kappa shape index (κ3) is 5.55. The number of hydrogen-bond acceptors (Lipinski definition) is 4. The number of carbonyl (C=O) groups is 2. The molecule has 1 aromatic carbocycles. The lowest BCUT2D eigenvalue weighted by Crippen LogP contribution is -2.44. The zero-order valence-electron chi connectivity index (χ0n) is 16.5. The van der Waals surface area contributed by atoms with Crippen LogP contribution in [0, 0.1) is 0 Å². The van der Waals surface area contributed by atoms with Crippen LogP contribution in [0.4, 0.5) is 13.2 Å². The van der Waals surface area contributed by atoms with Gasteiger partial charge < -0.3 is 18.9 Å². The third-order valence-corrected chi connectivity index (χ3v) is 5.06. The van der Waals surface area contributed by atoms with Gasteiger partial charge in [-0.1, -0.05) is 0 Å². The second-order valence-corrected chi connectivity index (χ2v) is 7.15. The van der Waals surface area contributed by atoms with E-state index in [4.69, 9.17) is 4.74 Å². The van der Waals surface area contributed by atoms with Gasteiger partial charge >= 0.3 is 12.3 Å². The number of nitrogens with zero attached hydrogens (tertiary/aromatic N) is 2. The summed E-state index contributed by atoms with van der Waals surface area (Å²) >= 11 is 0. The Hall–Kier alpha value is -2.97. The maximum absolute atomic E-state index is 12.8. The van der Waals surface area contributed by atoms with Gasteiger partial charge in [0.2, 0.25) is 0 Å². The molecule has 0 saturated carbocycles. The van der Waals surface area contributed by atoms with Gasteiger partial charge in [0.25, 0.3) is 5.91 Å². The van der Waals surface area contributed by atoms with E-state index in [9.17, 15) is 22.8 Å². The molecule has 1 aromatic heterocycles.